The van der Waals surface area contributed by atoms with Crippen molar-refractivity contribution in [3.63, 3.8) is 0 Å². The first-order chi connectivity index (χ1) is 3.81. The van der Waals surface area contributed by atoms with E-state index in [0.29, 0.717) is 5.75 Å². The van der Waals surface area contributed by atoms with Crippen molar-refractivity contribution in [1.29, 1.82) is 5.41 Å². The van der Waals surface area contributed by atoms with Crippen molar-refractivity contribution >= 4 is 16.3 Å². The van der Waals surface area contributed by atoms with E-state index in [1.165, 1.54) is 0 Å². The quantitative estimate of drug-likeness (QED) is 0.453. The molecule has 0 aliphatic heterocycles. The van der Waals surface area contributed by atoms with Gasteiger partial charge in [-0.15, -0.1) is 0 Å². The molecule has 0 saturated heterocycles. The predicted octanol–water partition coefficient (Wildman–Crippen LogP) is 1.14. The van der Waals surface area contributed by atoms with Crippen LogP contribution < -0.4 is 0 Å². The second-order valence-electron chi connectivity index (χ2n) is 1.56. The molecular weight excluding hydrogens is 122 g/mol. The summed E-state index contributed by atoms with van der Waals surface area (Å²) in [5.74, 6) is 0.653. The molecule has 0 aromatic rings. The highest BCUT2D eigenvalue weighted by Gasteiger charge is 1.89. The number of hydrogen-bond acceptors (Lipinski definition) is 2. The predicted molar refractivity (Wildman–Crippen MR) is 36.7 cm³/mol. The molecular formula is C5H11NOS. The van der Waals surface area contributed by atoms with Gasteiger partial charge in [-0.1, -0.05) is 13.3 Å². The monoisotopic (exact) mass is 133 g/mol. The Morgan fingerprint density at radius 1 is 1.75 bits per heavy atom. The summed E-state index contributed by atoms with van der Waals surface area (Å²) in [6, 6.07) is 0. The van der Waals surface area contributed by atoms with Crippen LogP contribution in [0.2, 0.25) is 0 Å². The number of rotatable bonds is 4. The van der Waals surface area contributed by atoms with E-state index >= 15 is 0 Å². The van der Waals surface area contributed by atoms with Gasteiger partial charge in [-0.05, 0) is 6.42 Å². The van der Waals surface area contributed by atoms with E-state index in [2.05, 4.69) is 0 Å². The summed E-state index contributed by atoms with van der Waals surface area (Å²) in [5.41, 5.74) is 0.996. The minimum Gasteiger partial charge on any atom is -0.299 e. The summed E-state index contributed by atoms with van der Waals surface area (Å²) < 4.78 is 10.4. The molecule has 0 aromatic heterocycles. The van der Waals surface area contributed by atoms with Crippen LogP contribution in [0.1, 0.15) is 19.8 Å². The average Bonchev–Trinajstić information content (AvgIpc) is 1.83. The van der Waals surface area contributed by atoms with Crippen LogP contribution >= 0.6 is 0 Å². The smallest absolute Gasteiger partial charge is 0.0818 e. The Morgan fingerprint density at radius 2 is 2.38 bits per heavy atom. The van der Waals surface area contributed by atoms with Crippen LogP contribution in [-0.2, 0) is 10.8 Å². The molecule has 0 aromatic carbocycles. The second kappa shape index (κ2) is 4.97. The zero-order chi connectivity index (χ0) is 6.41. The van der Waals surface area contributed by atoms with Gasteiger partial charge in [0.2, 0.25) is 0 Å². The lowest BCUT2D eigenvalue weighted by molar-refractivity contribution is 0.687. The van der Waals surface area contributed by atoms with Crippen molar-refractivity contribution in [1.82, 2.24) is 0 Å². The minimum absolute atomic E-state index is 0.653. The van der Waals surface area contributed by atoms with Crippen molar-refractivity contribution in [3.05, 3.63) is 0 Å². The SMILES string of the molecule is CCCCS(=O)C=N. The number of hydrogen-bond donors (Lipinski definition) is 1. The molecule has 0 aliphatic rings. The third-order valence-corrected chi connectivity index (χ3v) is 1.78. The summed E-state index contributed by atoms with van der Waals surface area (Å²) in [4.78, 5) is 0. The van der Waals surface area contributed by atoms with Crippen molar-refractivity contribution < 1.29 is 4.21 Å². The molecule has 0 aliphatic carbocycles. The molecule has 1 unspecified atom stereocenters. The van der Waals surface area contributed by atoms with Crippen molar-refractivity contribution in [2.24, 2.45) is 0 Å². The van der Waals surface area contributed by atoms with Crippen molar-refractivity contribution in [3.8, 4) is 0 Å². The van der Waals surface area contributed by atoms with Crippen LogP contribution in [0.4, 0.5) is 0 Å². The van der Waals surface area contributed by atoms with Gasteiger partial charge in [-0.2, -0.15) is 0 Å². The first-order valence-corrected chi connectivity index (χ1v) is 4.07. The van der Waals surface area contributed by atoms with Crippen molar-refractivity contribution in [2.75, 3.05) is 5.75 Å². The van der Waals surface area contributed by atoms with Crippen LogP contribution in [0.3, 0.4) is 0 Å². The van der Waals surface area contributed by atoms with Crippen LogP contribution in [0, 0.1) is 5.41 Å². The highest BCUT2D eigenvalue weighted by atomic mass is 32.2. The normalized spacial score (nSPS) is 13.1. The van der Waals surface area contributed by atoms with E-state index in [9.17, 15) is 4.21 Å². The third kappa shape index (κ3) is 3.99. The van der Waals surface area contributed by atoms with Crippen LogP contribution in [0.5, 0.6) is 0 Å². The van der Waals surface area contributed by atoms with Gasteiger partial charge in [0.15, 0.2) is 0 Å². The Morgan fingerprint density at radius 3 is 2.75 bits per heavy atom. The fourth-order valence-electron chi connectivity index (χ4n) is 0.346. The molecule has 0 radical (unpaired) electrons. The lowest BCUT2D eigenvalue weighted by Gasteiger charge is -1.88. The Labute approximate surface area is 52.3 Å². The minimum atomic E-state index is -0.985. The van der Waals surface area contributed by atoms with Crippen molar-refractivity contribution in [2.45, 2.75) is 19.8 Å². The molecule has 0 heterocycles. The molecule has 0 bridgehead atoms. The zero-order valence-electron chi connectivity index (χ0n) is 5.02. The summed E-state index contributed by atoms with van der Waals surface area (Å²) in [6.45, 7) is 2.04. The van der Waals surface area contributed by atoms with Gasteiger partial charge in [0.05, 0.1) is 16.3 Å². The standard InChI is InChI=1S/C5H11NOS/c1-2-3-4-8(7)5-6/h5-6H,2-4H2,1H3. The summed E-state index contributed by atoms with van der Waals surface area (Å²) in [7, 11) is -0.985. The average molecular weight is 133 g/mol. The molecule has 1 atom stereocenters. The first-order valence-electron chi connectivity index (χ1n) is 2.69. The first kappa shape index (κ1) is 7.82. The van der Waals surface area contributed by atoms with E-state index in [1.54, 1.807) is 0 Å². The lowest BCUT2D eigenvalue weighted by Crippen LogP contribution is -1.95. The van der Waals surface area contributed by atoms with Gasteiger partial charge in [-0.25, -0.2) is 0 Å². The molecule has 0 fully saturated rings. The zero-order valence-corrected chi connectivity index (χ0v) is 5.83. The van der Waals surface area contributed by atoms with E-state index in [0.717, 1.165) is 18.4 Å². The maximum absolute atomic E-state index is 10.4. The molecule has 1 N–H and O–H groups in total. The van der Waals surface area contributed by atoms with Crippen LogP contribution in [0.25, 0.3) is 0 Å². The fourth-order valence-corrected chi connectivity index (χ4v) is 1.04. The summed E-state index contributed by atoms with van der Waals surface area (Å²) in [6.07, 6.45) is 2.02. The molecule has 0 amide bonds. The molecule has 0 spiro atoms. The van der Waals surface area contributed by atoms with Gasteiger partial charge in [0.25, 0.3) is 0 Å². The molecule has 0 saturated carbocycles. The number of unbranched alkanes of at least 4 members (excludes halogenated alkanes) is 1. The Bertz CT molecular complexity index is 92.4. The Hall–Kier alpha value is -0.180. The maximum atomic E-state index is 10.4. The molecule has 3 heteroatoms. The van der Waals surface area contributed by atoms with E-state index in [1.807, 2.05) is 6.92 Å². The van der Waals surface area contributed by atoms with Gasteiger partial charge < -0.3 is 0 Å². The molecule has 0 rings (SSSR count). The van der Waals surface area contributed by atoms with Crippen LogP contribution in [-0.4, -0.2) is 15.5 Å². The van der Waals surface area contributed by atoms with E-state index in [-0.39, 0.29) is 0 Å². The maximum Gasteiger partial charge on any atom is 0.0818 e. The van der Waals surface area contributed by atoms with Gasteiger partial charge in [0.1, 0.15) is 0 Å². The van der Waals surface area contributed by atoms with Gasteiger partial charge in [-0.3, -0.25) is 9.62 Å². The topological polar surface area (TPSA) is 40.9 Å². The third-order valence-electron chi connectivity index (χ3n) is 0.831. The molecule has 2 nitrogen and oxygen atoms in total. The number of nitrogens with one attached hydrogen (secondary N) is 1. The lowest BCUT2D eigenvalue weighted by atomic mass is 10.4. The Balaban J connectivity index is 3.11. The summed E-state index contributed by atoms with van der Waals surface area (Å²) in [5, 5.41) is 6.56. The van der Waals surface area contributed by atoms with E-state index < -0.39 is 10.8 Å². The fraction of sp³-hybridized carbons (Fsp3) is 0.800. The van der Waals surface area contributed by atoms with Crippen LogP contribution in [0.15, 0.2) is 0 Å². The highest BCUT2D eigenvalue weighted by molar-refractivity contribution is 7.98. The summed E-state index contributed by atoms with van der Waals surface area (Å²) >= 11 is 0. The Kier molecular flexibility index (Phi) is 4.85. The molecule has 48 valence electrons. The second-order valence-corrected chi connectivity index (χ2v) is 2.96. The van der Waals surface area contributed by atoms with Gasteiger partial charge >= 0.3 is 0 Å². The van der Waals surface area contributed by atoms with Gasteiger partial charge in [0, 0.05) is 5.75 Å². The molecule has 8 heavy (non-hydrogen) atoms. The largest absolute Gasteiger partial charge is 0.299 e. The highest BCUT2D eigenvalue weighted by Crippen LogP contribution is 1.87. The van der Waals surface area contributed by atoms with E-state index in [4.69, 9.17) is 5.41 Å².